The Bertz CT molecular complexity index is 690. The molecule has 22 heavy (non-hydrogen) atoms. The van der Waals surface area contributed by atoms with Gasteiger partial charge < -0.3 is 4.74 Å². The number of benzene rings is 2. The van der Waals surface area contributed by atoms with Crippen molar-refractivity contribution in [2.75, 3.05) is 6.61 Å². The van der Waals surface area contributed by atoms with Crippen molar-refractivity contribution in [1.29, 1.82) is 0 Å². The van der Waals surface area contributed by atoms with E-state index < -0.39 is 0 Å². The van der Waals surface area contributed by atoms with Gasteiger partial charge in [-0.1, -0.05) is 37.3 Å². The van der Waals surface area contributed by atoms with Gasteiger partial charge in [-0.15, -0.1) is 25.3 Å². The minimum Gasteiger partial charge on any atom is -0.494 e. The topological polar surface area (TPSA) is 9.23 Å². The largest absolute Gasteiger partial charge is 0.494 e. The molecule has 2 rings (SSSR count). The third-order valence-electron chi connectivity index (χ3n) is 3.65. The Hall–Kier alpha value is -1.32. The summed E-state index contributed by atoms with van der Waals surface area (Å²) in [5.41, 5.74) is 4.64. The Kier molecular flexibility index (Phi) is 6.04. The van der Waals surface area contributed by atoms with Crippen LogP contribution in [0.2, 0.25) is 0 Å². The normalized spacial score (nSPS) is 12.0. The van der Waals surface area contributed by atoms with Crippen molar-refractivity contribution in [2.24, 2.45) is 0 Å². The van der Waals surface area contributed by atoms with Crippen LogP contribution in [0.25, 0.3) is 9.81 Å². The quantitative estimate of drug-likeness (QED) is 0.533. The van der Waals surface area contributed by atoms with E-state index in [0.717, 1.165) is 38.7 Å². The Labute approximate surface area is 144 Å². The summed E-state index contributed by atoms with van der Waals surface area (Å²) in [5.74, 6) is 0.861. The molecule has 0 radical (unpaired) electrons. The van der Waals surface area contributed by atoms with Crippen molar-refractivity contribution >= 4 is 35.1 Å². The highest BCUT2D eigenvalue weighted by molar-refractivity contribution is 7.96. The van der Waals surface area contributed by atoms with Gasteiger partial charge in [0, 0.05) is 9.81 Å². The lowest BCUT2D eigenvalue weighted by Crippen LogP contribution is -1.95. The van der Waals surface area contributed by atoms with Gasteiger partial charge in [0.25, 0.3) is 0 Å². The average molecular weight is 331 g/mol. The minimum absolute atomic E-state index is 0.653. The van der Waals surface area contributed by atoms with Crippen molar-refractivity contribution in [1.82, 2.24) is 0 Å². The molecule has 0 aromatic heterocycles. The molecule has 0 aliphatic carbocycles. The van der Waals surface area contributed by atoms with Crippen LogP contribution < -0.4 is 4.74 Å². The van der Waals surface area contributed by atoms with E-state index in [1.807, 2.05) is 25.1 Å². The molecule has 0 saturated heterocycles. The Morgan fingerprint density at radius 1 is 0.955 bits per heavy atom. The maximum atomic E-state index is 5.60. The molecule has 0 unspecified atom stereocenters. The summed E-state index contributed by atoms with van der Waals surface area (Å²) < 4.78 is 5.60. The molecular weight excluding hydrogens is 308 g/mol. The molecule has 0 N–H and O–H groups in total. The van der Waals surface area contributed by atoms with Gasteiger partial charge in [-0.25, -0.2) is 0 Å². The van der Waals surface area contributed by atoms with Gasteiger partial charge >= 0.3 is 0 Å². The molecule has 0 saturated carbocycles. The Morgan fingerprint density at radius 2 is 1.64 bits per heavy atom. The molecule has 0 aliphatic heterocycles. The van der Waals surface area contributed by atoms with E-state index >= 15 is 0 Å². The van der Waals surface area contributed by atoms with Crippen molar-refractivity contribution in [3.05, 3.63) is 64.7 Å². The van der Waals surface area contributed by atoms with Crippen LogP contribution >= 0.6 is 25.3 Å². The lowest BCUT2D eigenvalue weighted by atomic mass is 10.0. The molecule has 3 heteroatoms. The van der Waals surface area contributed by atoms with Crippen LogP contribution in [0.1, 0.15) is 36.1 Å². The number of thiol groups is 2. The molecule has 116 valence electrons. The first kappa shape index (κ1) is 17.0. The van der Waals surface area contributed by atoms with Gasteiger partial charge in [-0.2, -0.15) is 0 Å². The summed E-state index contributed by atoms with van der Waals surface area (Å²) in [6, 6.07) is 14.4. The SMILES string of the molecule is CCOc1ccc(C)c(/C(S)=C(/S)c2ccccc2CC)c1. The fourth-order valence-corrected chi connectivity index (χ4v) is 3.13. The summed E-state index contributed by atoms with van der Waals surface area (Å²) >= 11 is 9.49. The summed E-state index contributed by atoms with van der Waals surface area (Å²) in [6.07, 6.45) is 0.971. The third-order valence-corrected chi connectivity index (χ3v) is 4.76. The minimum atomic E-state index is 0.653. The zero-order valence-electron chi connectivity index (χ0n) is 13.3. The molecular formula is C19H22OS2. The van der Waals surface area contributed by atoms with Crippen molar-refractivity contribution in [2.45, 2.75) is 27.2 Å². The molecule has 0 spiro atoms. The molecule has 0 amide bonds. The van der Waals surface area contributed by atoms with Crippen LogP contribution in [0.5, 0.6) is 5.75 Å². The number of ether oxygens (including phenoxy) is 1. The Balaban J connectivity index is 2.53. The van der Waals surface area contributed by atoms with Crippen LogP contribution in [0.3, 0.4) is 0 Å². The highest BCUT2D eigenvalue weighted by Gasteiger charge is 2.11. The van der Waals surface area contributed by atoms with Crippen molar-refractivity contribution in [3.8, 4) is 5.75 Å². The number of rotatable bonds is 5. The van der Waals surface area contributed by atoms with E-state index in [2.05, 4.69) is 38.1 Å². The molecule has 0 atom stereocenters. The van der Waals surface area contributed by atoms with Gasteiger partial charge in [0.1, 0.15) is 5.75 Å². The lowest BCUT2D eigenvalue weighted by molar-refractivity contribution is 0.340. The highest BCUT2D eigenvalue weighted by atomic mass is 32.1. The van der Waals surface area contributed by atoms with Gasteiger partial charge in [-0.3, -0.25) is 0 Å². The summed E-state index contributed by atoms with van der Waals surface area (Å²) in [4.78, 5) is 1.78. The molecule has 0 bridgehead atoms. The van der Waals surface area contributed by atoms with Gasteiger partial charge in [0.2, 0.25) is 0 Å². The van der Waals surface area contributed by atoms with Crippen LogP contribution in [0.15, 0.2) is 42.5 Å². The second-order valence-electron chi connectivity index (χ2n) is 5.12. The predicted molar refractivity (Wildman–Crippen MR) is 103 cm³/mol. The van der Waals surface area contributed by atoms with Crippen molar-refractivity contribution < 1.29 is 4.74 Å². The first-order chi connectivity index (χ1) is 10.6. The van der Waals surface area contributed by atoms with Crippen LogP contribution in [-0.4, -0.2) is 6.61 Å². The van der Waals surface area contributed by atoms with Crippen LogP contribution in [0.4, 0.5) is 0 Å². The number of hydrogen-bond donors (Lipinski definition) is 2. The molecule has 2 aromatic carbocycles. The lowest BCUT2D eigenvalue weighted by Gasteiger charge is -2.14. The Morgan fingerprint density at radius 3 is 2.32 bits per heavy atom. The fraction of sp³-hybridized carbons (Fsp3) is 0.263. The van der Waals surface area contributed by atoms with E-state index in [4.69, 9.17) is 30.0 Å². The summed E-state index contributed by atoms with van der Waals surface area (Å²) in [5, 5.41) is 0. The van der Waals surface area contributed by atoms with E-state index in [1.165, 1.54) is 5.56 Å². The van der Waals surface area contributed by atoms with Crippen LogP contribution in [-0.2, 0) is 6.42 Å². The molecule has 0 aliphatic rings. The zero-order valence-corrected chi connectivity index (χ0v) is 15.0. The van der Waals surface area contributed by atoms with Gasteiger partial charge in [0.05, 0.1) is 6.61 Å². The van der Waals surface area contributed by atoms with Crippen molar-refractivity contribution in [3.63, 3.8) is 0 Å². The first-order valence-electron chi connectivity index (χ1n) is 7.52. The highest BCUT2D eigenvalue weighted by Crippen LogP contribution is 2.36. The number of aryl methyl sites for hydroxylation is 2. The summed E-state index contributed by atoms with van der Waals surface area (Å²) in [6.45, 7) is 6.87. The average Bonchev–Trinajstić information content (AvgIpc) is 2.55. The van der Waals surface area contributed by atoms with E-state index in [9.17, 15) is 0 Å². The molecule has 1 nitrogen and oxygen atoms in total. The maximum absolute atomic E-state index is 5.60. The summed E-state index contributed by atoms with van der Waals surface area (Å²) in [7, 11) is 0. The third kappa shape index (κ3) is 3.71. The second-order valence-corrected chi connectivity index (χ2v) is 6.01. The zero-order chi connectivity index (χ0) is 16.1. The standard InChI is InChI=1S/C19H22OS2/c1-4-14-8-6-7-9-16(14)18(21)19(22)17-12-15(20-5-2)11-10-13(17)3/h6-12,21-22H,4-5H2,1-3H3/b19-18-. The van der Waals surface area contributed by atoms with Crippen LogP contribution in [0, 0.1) is 6.92 Å². The smallest absolute Gasteiger partial charge is 0.119 e. The molecule has 0 fully saturated rings. The van der Waals surface area contributed by atoms with Gasteiger partial charge in [-0.05, 0) is 54.7 Å². The fourth-order valence-electron chi connectivity index (χ4n) is 2.43. The van der Waals surface area contributed by atoms with Gasteiger partial charge in [0.15, 0.2) is 0 Å². The molecule has 0 heterocycles. The monoisotopic (exact) mass is 330 g/mol. The van der Waals surface area contributed by atoms with E-state index in [1.54, 1.807) is 0 Å². The van der Waals surface area contributed by atoms with E-state index in [-0.39, 0.29) is 0 Å². The van der Waals surface area contributed by atoms with E-state index in [0.29, 0.717) is 6.61 Å². The second kappa shape index (κ2) is 7.80. The predicted octanol–water partition coefficient (Wildman–Crippen LogP) is 5.64. The first-order valence-corrected chi connectivity index (χ1v) is 8.42. The number of hydrogen-bond acceptors (Lipinski definition) is 3. The molecule has 2 aromatic rings. The maximum Gasteiger partial charge on any atom is 0.119 e.